The Labute approximate surface area is 107 Å². The van der Waals surface area contributed by atoms with Gasteiger partial charge in [0.2, 0.25) is 5.91 Å². The van der Waals surface area contributed by atoms with Gasteiger partial charge in [0.05, 0.1) is 11.0 Å². The predicted octanol–water partition coefficient (Wildman–Crippen LogP) is -1.00. The summed E-state index contributed by atoms with van der Waals surface area (Å²) in [6.45, 7) is 1.01. The summed E-state index contributed by atoms with van der Waals surface area (Å²) in [5.41, 5.74) is 5.36. The Balaban J connectivity index is 2.24. The number of likely N-dealkylation sites (tertiary alicyclic amines) is 1. The number of methoxy groups -OCH3 is 1. The summed E-state index contributed by atoms with van der Waals surface area (Å²) in [4.78, 5) is 13.4. The zero-order chi connectivity index (χ0) is 13.4. The van der Waals surface area contributed by atoms with Crippen molar-refractivity contribution in [2.45, 2.75) is 18.1 Å². The third-order valence-electron chi connectivity index (χ3n) is 4.14. The Morgan fingerprint density at radius 2 is 2.28 bits per heavy atom. The topological polar surface area (TPSA) is 89.7 Å². The van der Waals surface area contributed by atoms with Crippen LogP contribution in [-0.4, -0.2) is 63.6 Å². The Bertz CT molecular complexity index is 436. The molecule has 2 unspecified atom stereocenters. The quantitative estimate of drug-likeness (QED) is 0.714. The van der Waals surface area contributed by atoms with E-state index in [1.54, 1.807) is 4.90 Å². The number of hydrogen-bond acceptors (Lipinski definition) is 5. The fraction of sp³-hybridized carbons (Fsp3) is 0.909. The van der Waals surface area contributed by atoms with Gasteiger partial charge in [0.15, 0.2) is 9.84 Å². The fourth-order valence-corrected chi connectivity index (χ4v) is 5.43. The smallest absolute Gasteiger partial charge is 0.248 e. The number of hydrogen-bond donors (Lipinski definition) is 1. The van der Waals surface area contributed by atoms with E-state index < -0.39 is 20.5 Å². The van der Waals surface area contributed by atoms with Gasteiger partial charge in [0.25, 0.3) is 0 Å². The minimum atomic E-state index is -3.13. The molecule has 7 heteroatoms. The molecule has 6 nitrogen and oxygen atoms in total. The number of amides is 1. The lowest BCUT2D eigenvalue weighted by molar-refractivity contribution is -0.134. The molecule has 2 atom stereocenters. The first-order chi connectivity index (χ1) is 8.45. The number of rotatable bonds is 3. The van der Waals surface area contributed by atoms with Crippen molar-refractivity contribution in [1.82, 2.24) is 4.90 Å². The lowest BCUT2D eigenvalue weighted by Crippen LogP contribution is -2.49. The van der Waals surface area contributed by atoms with E-state index in [-0.39, 0.29) is 24.8 Å². The van der Waals surface area contributed by atoms with Crippen LogP contribution in [0.2, 0.25) is 0 Å². The maximum absolute atomic E-state index is 12.1. The molecular weight excluding hydrogens is 256 g/mol. The Kier molecular flexibility index (Phi) is 3.66. The summed E-state index contributed by atoms with van der Waals surface area (Å²) >= 11 is 0. The van der Waals surface area contributed by atoms with Crippen molar-refractivity contribution in [1.29, 1.82) is 0 Å². The monoisotopic (exact) mass is 276 g/mol. The van der Waals surface area contributed by atoms with Gasteiger partial charge in [0, 0.05) is 32.2 Å². The molecule has 0 bridgehead atoms. The van der Waals surface area contributed by atoms with Gasteiger partial charge in [-0.2, -0.15) is 0 Å². The van der Waals surface area contributed by atoms with Gasteiger partial charge < -0.3 is 15.4 Å². The van der Waals surface area contributed by atoms with E-state index in [0.717, 1.165) is 6.42 Å². The van der Waals surface area contributed by atoms with E-state index in [0.29, 0.717) is 19.5 Å². The first kappa shape index (κ1) is 13.8. The second-order valence-corrected chi connectivity index (χ2v) is 7.54. The molecule has 0 aromatic carbocycles. The summed E-state index contributed by atoms with van der Waals surface area (Å²) in [5, 5.41) is -0.496. The van der Waals surface area contributed by atoms with Crippen molar-refractivity contribution < 1.29 is 17.9 Å². The maximum atomic E-state index is 12.1. The number of nitrogens with zero attached hydrogens (tertiary/aromatic N) is 1. The fourth-order valence-electron chi connectivity index (χ4n) is 3.15. The zero-order valence-corrected chi connectivity index (χ0v) is 11.4. The Hall–Kier alpha value is -0.660. The summed E-state index contributed by atoms with van der Waals surface area (Å²) in [6.07, 6.45) is 1.42. The minimum Gasteiger partial charge on any atom is -0.375 e. The summed E-state index contributed by atoms with van der Waals surface area (Å²) in [6, 6.07) is 0. The van der Waals surface area contributed by atoms with Gasteiger partial charge in [-0.3, -0.25) is 4.79 Å². The number of sulfone groups is 1. The van der Waals surface area contributed by atoms with Gasteiger partial charge in [-0.25, -0.2) is 8.42 Å². The molecule has 2 saturated heterocycles. The van der Waals surface area contributed by atoms with Crippen LogP contribution in [0.15, 0.2) is 0 Å². The van der Waals surface area contributed by atoms with Gasteiger partial charge >= 0.3 is 0 Å². The molecule has 104 valence electrons. The van der Waals surface area contributed by atoms with E-state index in [2.05, 4.69) is 0 Å². The molecule has 2 rings (SSSR count). The third kappa shape index (κ3) is 2.15. The molecule has 0 spiro atoms. The molecule has 18 heavy (non-hydrogen) atoms. The standard InChI is InChI=1S/C11H20N2O4S/c1-17-6-10(14)13-5-9-11(7-12,8-13)3-2-4-18(9,15)16/h9H,2-8,12H2,1H3. The molecule has 2 fully saturated rings. The lowest BCUT2D eigenvalue weighted by atomic mass is 9.82. The van der Waals surface area contributed by atoms with Crippen molar-refractivity contribution in [3.63, 3.8) is 0 Å². The number of ether oxygens (including phenoxy) is 1. The largest absolute Gasteiger partial charge is 0.375 e. The molecule has 0 aliphatic carbocycles. The van der Waals surface area contributed by atoms with Gasteiger partial charge in [-0.15, -0.1) is 0 Å². The molecule has 0 aromatic rings. The Morgan fingerprint density at radius 1 is 1.56 bits per heavy atom. The molecule has 2 aliphatic rings. The van der Waals surface area contributed by atoms with Crippen LogP contribution in [0.5, 0.6) is 0 Å². The Morgan fingerprint density at radius 3 is 2.83 bits per heavy atom. The molecule has 2 heterocycles. The van der Waals surface area contributed by atoms with Crippen LogP contribution in [0, 0.1) is 5.41 Å². The van der Waals surface area contributed by atoms with Crippen LogP contribution in [0.1, 0.15) is 12.8 Å². The second kappa shape index (κ2) is 4.79. The number of carbonyl (C=O) groups excluding carboxylic acids is 1. The van der Waals surface area contributed by atoms with Gasteiger partial charge in [0.1, 0.15) is 6.61 Å². The van der Waals surface area contributed by atoms with Crippen LogP contribution >= 0.6 is 0 Å². The first-order valence-electron chi connectivity index (χ1n) is 6.13. The van der Waals surface area contributed by atoms with Crippen molar-refractivity contribution >= 4 is 15.7 Å². The normalized spacial score (nSPS) is 34.3. The molecule has 0 aromatic heterocycles. The highest BCUT2D eigenvalue weighted by molar-refractivity contribution is 7.92. The van der Waals surface area contributed by atoms with E-state index in [4.69, 9.17) is 10.5 Å². The minimum absolute atomic E-state index is 0.00653. The lowest BCUT2D eigenvalue weighted by Gasteiger charge is -2.36. The summed E-state index contributed by atoms with van der Waals surface area (Å²) in [7, 11) is -1.67. The van der Waals surface area contributed by atoms with Crippen molar-refractivity contribution in [2.24, 2.45) is 11.1 Å². The van der Waals surface area contributed by atoms with Crippen LogP contribution in [0.4, 0.5) is 0 Å². The van der Waals surface area contributed by atoms with Crippen LogP contribution in [-0.2, 0) is 19.4 Å². The molecule has 2 aliphatic heterocycles. The molecule has 2 N–H and O–H groups in total. The third-order valence-corrected chi connectivity index (χ3v) is 6.51. The van der Waals surface area contributed by atoms with Crippen LogP contribution < -0.4 is 5.73 Å². The first-order valence-corrected chi connectivity index (χ1v) is 7.85. The molecule has 0 radical (unpaired) electrons. The van der Waals surface area contributed by atoms with Gasteiger partial charge in [-0.05, 0) is 12.8 Å². The van der Waals surface area contributed by atoms with Crippen molar-refractivity contribution in [3.05, 3.63) is 0 Å². The predicted molar refractivity (Wildman–Crippen MR) is 66.8 cm³/mol. The maximum Gasteiger partial charge on any atom is 0.248 e. The highest BCUT2D eigenvalue weighted by atomic mass is 32.2. The highest BCUT2D eigenvalue weighted by Gasteiger charge is 2.54. The highest BCUT2D eigenvalue weighted by Crippen LogP contribution is 2.42. The zero-order valence-electron chi connectivity index (χ0n) is 10.6. The van der Waals surface area contributed by atoms with Crippen molar-refractivity contribution in [3.8, 4) is 0 Å². The van der Waals surface area contributed by atoms with Crippen molar-refractivity contribution in [2.75, 3.05) is 39.1 Å². The van der Waals surface area contributed by atoms with E-state index in [1.807, 2.05) is 0 Å². The number of nitrogens with two attached hydrogens (primary N) is 1. The summed E-state index contributed by atoms with van der Waals surface area (Å²) in [5.74, 6) is 0.0565. The second-order valence-electron chi connectivity index (χ2n) is 5.23. The van der Waals surface area contributed by atoms with E-state index in [1.165, 1.54) is 7.11 Å². The molecular formula is C11H20N2O4S. The van der Waals surface area contributed by atoms with Crippen LogP contribution in [0.3, 0.4) is 0 Å². The number of fused-ring (bicyclic) bond motifs is 1. The average Bonchev–Trinajstić information content (AvgIpc) is 2.71. The van der Waals surface area contributed by atoms with Gasteiger partial charge in [-0.1, -0.05) is 0 Å². The molecule has 0 saturated carbocycles. The number of carbonyl (C=O) groups is 1. The SMILES string of the molecule is COCC(=O)N1CC2C(CN)(CCCS2(=O)=O)C1. The average molecular weight is 276 g/mol. The molecule has 1 amide bonds. The van der Waals surface area contributed by atoms with E-state index >= 15 is 0 Å². The summed E-state index contributed by atoms with van der Waals surface area (Å²) < 4.78 is 29.1. The van der Waals surface area contributed by atoms with E-state index in [9.17, 15) is 13.2 Å². The van der Waals surface area contributed by atoms with Crippen LogP contribution in [0.25, 0.3) is 0 Å².